The van der Waals surface area contributed by atoms with Crippen molar-refractivity contribution < 1.29 is 9.52 Å². The molecule has 2 rings (SSSR count). The Morgan fingerprint density at radius 3 is 2.87 bits per heavy atom. The molecule has 1 aromatic rings. The Bertz CT molecular complexity index is 318. The van der Waals surface area contributed by atoms with Crippen molar-refractivity contribution in [3.8, 4) is 0 Å². The zero-order chi connectivity index (χ0) is 10.9. The van der Waals surface area contributed by atoms with Crippen LogP contribution in [0.5, 0.6) is 0 Å². The summed E-state index contributed by atoms with van der Waals surface area (Å²) < 4.78 is 5.30. The summed E-state index contributed by atoms with van der Waals surface area (Å²) in [6.45, 7) is 4.43. The first kappa shape index (κ1) is 11.1. The molecule has 1 aromatic heterocycles. The molecule has 3 heteroatoms. The molecule has 0 spiro atoms. The summed E-state index contributed by atoms with van der Waals surface area (Å²) in [5, 5.41) is 10.5. The second kappa shape index (κ2) is 3.87. The first-order chi connectivity index (χ1) is 6.99. The van der Waals surface area contributed by atoms with Crippen LogP contribution >= 0.6 is 11.8 Å². The topological polar surface area (TPSA) is 33.4 Å². The molecule has 1 atom stereocenters. The first-order valence-electron chi connectivity index (χ1n) is 5.32. The zero-order valence-corrected chi connectivity index (χ0v) is 10.1. The van der Waals surface area contributed by atoms with Gasteiger partial charge in [-0.2, -0.15) is 11.8 Å². The average molecular weight is 226 g/mol. The summed E-state index contributed by atoms with van der Waals surface area (Å²) >= 11 is 1.84. The van der Waals surface area contributed by atoms with Gasteiger partial charge in [-0.1, -0.05) is 13.8 Å². The normalized spacial score (nSPS) is 30.3. The van der Waals surface area contributed by atoms with Crippen molar-refractivity contribution in [3.63, 3.8) is 0 Å². The summed E-state index contributed by atoms with van der Waals surface area (Å²) in [7, 11) is 0. The van der Waals surface area contributed by atoms with Crippen LogP contribution < -0.4 is 0 Å². The molecule has 2 heterocycles. The van der Waals surface area contributed by atoms with Gasteiger partial charge in [0.2, 0.25) is 0 Å². The maximum absolute atomic E-state index is 10.5. The zero-order valence-electron chi connectivity index (χ0n) is 9.32. The van der Waals surface area contributed by atoms with Gasteiger partial charge in [-0.3, -0.25) is 0 Å². The number of hydrogen-bond acceptors (Lipinski definition) is 3. The molecule has 0 aliphatic carbocycles. The van der Waals surface area contributed by atoms with E-state index in [0.29, 0.717) is 6.42 Å². The van der Waals surface area contributed by atoms with Gasteiger partial charge in [-0.05, 0) is 29.7 Å². The van der Waals surface area contributed by atoms with E-state index in [0.717, 1.165) is 23.7 Å². The number of aliphatic hydroxyl groups is 1. The summed E-state index contributed by atoms with van der Waals surface area (Å²) in [4.78, 5) is 0. The van der Waals surface area contributed by atoms with Crippen LogP contribution in [0.2, 0.25) is 0 Å². The SMILES string of the molecule is CC1(C)CSCC(O)(Cc2ccco2)C1. The molecule has 1 fully saturated rings. The Labute approximate surface area is 95.1 Å². The van der Waals surface area contributed by atoms with Crippen LogP contribution in [0.15, 0.2) is 22.8 Å². The molecule has 0 amide bonds. The van der Waals surface area contributed by atoms with Gasteiger partial charge in [-0.15, -0.1) is 0 Å². The third kappa shape index (κ3) is 2.79. The van der Waals surface area contributed by atoms with Crippen LogP contribution in [0, 0.1) is 5.41 Å². The molecule has 84 valence electrons. The summed E-state index contributed by atoms with van der Waals surface area (Å²) in [6.07, 6.45) is 3.16. The van der Waals surface area contributed by atoms with Crippen molar-refractivity contribution in [2.45, 2.75) is 32.3 Å². The van der Waals surface area contributed by atoms with Gasteiger partial charge < -0.3 is 9.52 Å². The third-order valence-corrected chi connectivity index (χ3v) is 4.48. The molecular weight excluding hydrogens is 208 g/mol. The van der Waals surface area contributed by atoms with E-state index >= 15 is 0 Å². The molecule has 0 saturated carbocycles. The summed E-state index contributed by atoms with van der Waals surface area (Å²) in [5.41, 5.74) is -0.367. The quantitative estimate of drug-likeness (QED) is 0.841. The maximum atomic E-state index is 10.5. The maximum Gasteiger partial charge on any atom is 0.106 e. The number of furan rings is 1. The van der Waals surface area contributed by atoms with Crippen LogP contribution in [-0.4, -0.2) is 22.2 Å². The lowest BCUT2D eigenvalue weighted by atomic mass is 9.80. The highest BCUT2D eigenvalue weighted by molar-refractivity contribution is 7.99. The molecule has 0 radical (unpaired) electrons. The fourth-order valence-corrected chi connectivity index (χ4v) is 3.70. The Morgan fingerprint density at radius 2 is 2.27 bits per heavy atom. The minimum Gasteiger partial charge on any atom is -0.469 e. The van der Waals surface area contributed by atoms with Crippen molar-refractivity contribution in [2.75, 3.05) is 11.5 Å². The van der Waals surface area contributed by atoms with Crippen LogP contribution in [-0.2, 0) is 6.42 Å². The Kier molecular flexibility index (Phi) is 2.86. The molecule has 0 aromatic carbocycles. The van der Waals surface area contributed by atoms with Crippen molar-refractivity contribution in [1.29, 1.82) is 0 Å². The van der Waals surface area contributed by atoms with Gasteiger partial charge in [-0.25, -0.2) is 0 Å². The molecule has 1 N–H and O–H groups in total. The molecule has 1 unspecified atom stereocenters. The summed E-state index contributed by atoms with van der Waals surface area (Å²) in [5.74, 6) is 2.83. The number of rotatable bonds is 2. The van der Waals surface area contributed by atoms with Gasteiger partial charge in [0, 0.05) is 12.2 Å². The lowest BCUT2D eigenvalue weighted by Gasteiger charge is -2.40. The number of thioether (sulfide) groups is 1. The molecule has 1 saturated heterocycles. The predicted octanol–water partition coefficient (Wildman–Crippen LogP) is 2.72. The van der Waals surface area contributed by atoms with E-state index in [4.69, 9.17) is 4.42 Å². The molecule has 0 bridgehead atoms. The highest BCUT2D eigenvalue weighted by Gasteiger charge is 2.39. The monoisotopic (exact) mass is 226 g/mol. The predicted molar refractivity (Wildman–Crippen MR) is 63.1 cm³/mol. The van der Waals surface area contributed by atoms with Gasteiger partial charge in [0.1, 0.15) is 5.76 Å². The fourth-order valence-electron chi connectivity index (χ4n) is 2.36. The Balaban J connectivity index is 2.06. The van der Waals surface area contributed by atoms with Crippen molar-refractivity contribution >= 4 is 11.8 Å². The second-order valence-corrected chi connectivity index (χ2v) is 6.30. The standard InChI is InChI=1S/C12H18O2S/c1-11(2)7-12(13,9-15-8-11)6-10-4-3-5-14-10/h3-5,13H,6-9H2,1-2H3. The lowest BCUT2D eigenvalue weighted by molar-refractivity contribution is 0.0158. The molecule has 1 aliphatic rings. The summed E-state index contributed by atoms with van der Waals surface area (Å²) in [6, 6.07) is 3.81. The third-order valence-electron chi connectivity index (χ3n) is 2.75. The van der Waals surface area contributed by atoms with E-state index in [1.165, 1.54) is 0 Å². The van der Waals surface area contributed by atoms with Gasteiger partial charge in [0.05, 0.1) is 11.9 Å². The highest BCUT2D eigenvalue weighted by Crippen LogP contribution is 2.40. The number of hydrogen-bond donors (Lipinski definition) is 1. The largest absolute Gasteiger partial charge is 0.469 e. The lowest BCUT2D eigenvalue weighted by Crippen LogP contribution is -2.44. The van der Waals surface area contributed by atoms with Crippen LogP contribution in [0.3, 0.4) is 0 Å². The van der Waals surface area contributed by atoms with Crippen LogP contribution in [0.1, 0.15) is 26.0 Å². The average Bonchev–Trinajstić information content (AvgIpc) is 2.52. The Hall–Kier alpha value is -0.410. The van der Waals surface area contributed by atoms with Gasteiger partial charge in [0.15, 0.2) is 0 Å². The van der Waals surface area contributed by atoms with E-state index in [2.05, 4.69) is 13.8 Å². The van der Waals surface area contributed by atoms with E-state index in [1.54, 1.807) is 6.26 Å². The van der Waals surface area contributed by atoms with Crippen molar-refractivity contribution in [2.24, 2.45) is 5.41 Å². The van der Waals surface area contributed by atoms with Crippen LogP contribution in [0.4, 0.5) is 0 Å². The molecular formula is C12H18O2S. The minimum absolute atomic E-state index is 0.226. The van der Waals surface area contributed by atoms with Crippen molar-refractivity contribution in [1.82, 2.24) is 0 Å². The first-order valence-corrected chi connectivity index (χ1v) is 6.47. The fraction of sp³-hybridized carbons (Fsp3) is 0.667. The second-order valence-electron chi connectivity index (χ2n) is 5.31. The van der Waals surface area contributed by atoms with Gasteiger partial charge >= 0.3 is 0 Å². The van der Waals surface area contributed by atoms with E-state index in [1.807, 2.05) is 23.9 Å². The minimum atomic E-state index is -0.593. The smallest absolute Gasteiger partial charge is 0.106 e. The van der Waals surface area contributed by atoms with E-state index < -0.39 is 5.60 Å². The highest BCUT2D eigenvalue weighted by atomic mass is 32.2. The van der Waals surface area contributed by atoms with E-state index in [-0.39, 0.29) is 5.41 Å². The van der Waals surface area contributed by atoms with Crippen LogP contribution in [0.25, 0.3) is 0 Å². The molecule has 1 aliphatic heterocycles. The Morgan fingerprint density at radius 1 is 1.47 bits per heavy atom. The van der Waals surface area contributed by atoms with Gasteiger partial charge in [0.25, 0.3) is 0 Å². The molecule has 15 heavy (non-hydrogen) atoms. The molecule has 2 nitrogen and oxygen atoms in total. The van der Waals surface area contributed by atoms with E-state index in [9.17, 15) is 5.11 Å². The van der Waals surface area contributed by atoms with Crippen molar-refractivity contribution in [3.05, 3.63) is 24.2 Å².